The van der Waals surface area contributed by atoms with Crippen LogP contribution in [0.3, 0.4) is 0 Å². The molecule has 2 aromatic rings. The van der Waals surface area contributed by atoms with E-state index in [-0.39, 0.29) is 18.3 Å². The van der Waals surface area contributed by atoms with E-state index < -0.39 is 15.4 Å². The van der Waals surface area contributed by atoms with E-state index >= 15 is 0 Å². The Morgan fingerprint density at radius 1 is 1.21 bits per heavy atom. The van der Waals surface area contributed by atoms with Crippen molar-refractivity contribution in [2.24, 2.45) is 4.99 Å². The van der Waals surface area contributed by atoms with Gasteiger partial charge in [-0.15, -0.1) is 11.3 Å². The molecule has 0 spiro atoms. The van der Waals surface area contributed by atoms with Crippen molar-refractivity contribution in [3.8, 4) is 0 Å². The van der Waals surface area contributed by atoms with Crippen LogP contribution in [0, 0.1) is 0 Å². The molecule has 8 heteroatoms. The Morgan fingerprint density at radius 2 is 1.93 bits per heavy atom. The molecule has 2 atom stereocenters. The zero-order valence-corrected chi connectivity index (χ0v) is 18.2. The lowest BCUT2D eigenvalue weighted by molar-refractivity contribution is 0.0711. The fourth-order valence-electron chi connectivity index (χ4n) is 2.66. The van der Waals surface area contributed by atoms with Crippen LogP contribution in [0.2, 0.25) is 0 Å². The number of hydrogen-bond acceptors (Lipinski definition) is 5. The third-order valence-corrected chi connectivity index (χ3v) is 7.25. The number of rotatable bonds is 9. The van der Waals surface area contributed by atoms with E-state index in [1.54, 1.807) is 37.3 Å². The zero-order valence-electron chi connectivity index (χ0n) is 16.6. The molecule has 2 rings (SSSR count). The predicted molar refractivity (Wildman–Crippen MR) is 116 cm³/mol. The first-order chi connectivity index (χ1) is 13.3. The predicted octanol–water partition coefficient (Wildman–Crippen LogP) is 2.76. The Labute approximate surface area is 171 Å². The fourth-order valence-corrected chi connectivity index (χ4v) is 5.05. The van der Waals surface area contributed by atoms with Crippen LogP contribution in [-0.2, 0) is 15.4 Å². The smallest absolute Gasteiger partial charge is 0.191 e. The third kappa shape index (κ3) is 6.32. The number of nitrogens with zero attached hydrogens (tertiary/aromatic N) is 1. The summed E-state index contributed by atoms with van der Waals surface area (Å²) in [6.45, 7) is 6.41. The molecule has 0 amide bonds. The van der Waals surface area contributed by atoms with Crippen molar-refractivity contribution < 1.29 is 13.5 Å². The van der Waals surface area contributed by atoms with E-state index in [1.807, 2.05) is 31.4 Å². The van der Waals surface area contributed by atoms with E-state index in [2.05, 4.69) is 15.6 Å². The van der Waals surface area contributed by atoms with Crippen LogP contribution >= 0.6 is 11.3 Å². The van der Waals surface area contributed by atoms with Crippen molar-refractivity contribution in [2.45, 2.75) is 43.7 Å². The minimum atomic E-state index is -3.40. The molecule has 0 saturated heterocycles. The summed E-state index contributed by atoms with van der Waals surface area (Å²) in [5.74, 6) is 0.466. The van der Waals surface area contributed by atoms with Gasteiger partial charge in [0.05, 0.1) is 17.2 Å². The Hall–Kier alpha value is -1.90. The molecule has 2 unspecified atom stereocenters. The Bertz CT molecular complexity index is 848. The molecule has 6 nitrogen and oxygen atoms in total. The maximum Gasteiger partial charge on any atom is 0.191 e. The average molecular weight is 424 g/mol. The zero-order chi connectivity index (χ0) is 20.6. The van der Waals surface area contributed by atoms with Crippen molar-refractivity contribution in [3.63, 3.8) is 0 Å². The van der Waals surface area contributed by atoms with Crippen LogP contribution in [0.5, 0.6) is 0 Å². The van der Waals surface area contributed by atoms with Crippen molar-refractivity contribution in [1.29, 1.82) is 0 Å². The van der Waals surface area contributed by atoms with Gasteiger partial charge in [0.2, 0.25) is 0 Å². The van der Waals surface area contributed by atoms with Gasteiger partial charge in [-0.2, -0.15) is 0 Å². The molecule has 1 aromatic carbocycles. The van der Waals surface area contributed by atoms with Crippen molar-refractivity contribution in [1.82, 2.24) is 10.6 Å². The van der Waals surface area contributed by atoms with Gasteiger partial charge in [0.1, 0.15) is 5.60 Å². The van der Waals surface area contributed by atoms with Crippen molar-refractivity contribution >= 4 is 27.1 Å². The molecule has 3 N–H and O–H groups in total. The number of sulfone groups is 1. The SMILES string of the molecule is CCNC(=NCC(C)(O)c1cccs1)NC(CC)CS(=O)(=O)c1ccccc1. The first kappa shape index (κ1) is 22.4. The summed E-state index contributed by atoms with van der Waals surface area (Å²) in [5, 5.41) is 18.9. The molecule has 0 saturated carbocycles. The summed E-state index contributed by atoms with van der Waals surface area (Å²) < 4.78 is 25.3. The van der Waals surface area contributed by atoms with Gasteiger partial charge in [0, 0.05) is 17.5 Å². The largest absolute Gasteiger partial charge is 0.383 e. The number of aliphatic imine (C=N–C) groups is 1. The lowest BCUT2D eigenvalue weighted by atomic mass is 10.1. The topological polar surface area (TPSA) is 90.8 Å². The highest BCUT2D eigenvalue weighted by molar-refractivity contribution is 7.91. The van der Waals surface area contributed by atoms with Crippen LogP contribution in [0.4, 0.5) is 0 Å². The van der Waals surface area contributed by atoms with Crippen LogP contribution < -0.4 is 10.6 Å². The van der Waals surface area contributed by atoms with E-state index in [0.29, 0.717) is 23.8 Å². The fraction of sp³-hybridized carbons (Fsp3) is 0.450. The van der Waals surface area contributed by atoms with E-state index in [9.17, 15) is 13.5 Å². The second-order valence-electron chi connectivity index (χ2n) is 6.79. The maximum atomic E-state index is 12.7. The first-order valence-electron chi connectivity index (χ1n) is 9.37. The van der Waals surface area contributed by atoms with E-state index in [4.69, 9.17) is 0 Å². The van der Waals surface area contributed by atoms with Crippen molar-refractivity contribution in [2.75, 3.05) is 18.8 Å². The molecule has 1 heterocycles. The minimum Gasteiger partial charge on any atom is -0.383 e. The van der Waals surface area contributed by atoms with Crippen LogP contribution in [0.25, 0.3) is 0 Å². The Morgan fingerprint density at radius 3 is 2.50 bits per heavy atom. The summed E-state index contributed by atoms with van der Waals surface area (Å²) in [6, 6.07) is 11.9. The summed E-state index contributed by atoms with van der Waals surface area (Å²) >= 11 is 1.48. The van der Waals surface area contributed by atoms with Gasteiger partial charge in [-0.3, -0.25) is 0 Å². The van der Waals surface area contributed by atoms with Gasteiger partial charge in [0.15, 0.2) is 15.8 Å². The molecule has 0 aliphatic heterocycles. The molecule has 0 radical (unpaired) electrons. The van der Waals surface area contributed by atoms with Gasteiger partial charge in [-0.05, 0) is 43.8 Å². The second kappa shape index (κ2) is 10.0. The average Bonchev–Trinajstić information content (AvgIpc) is 3.22. The Kier molecular flexibility index (Phi) is 8.03. The lowest BCUT2D eigenvalue weighted by Gasteiger charge is -2.23. The molecule has 154 valence electrons. The second-order valence-corrected chi connectivity index (χ2v) is 9.77. The van der Waals surface area contributed by atoms with Gasteiger partial charge in [-0.25, -0.2) is 13.4 Å². The van der Waals surface area contributed by atoms with Gasteiger partial charge < -0.3 is 15.7 Å². The highest BCUT2D eigenvalue weighted by Gasteiger charge is 2.25. The number of thiophene rings is 1. The van der Waals surface area contributed by atoms with Gasteiger partial charge in [0.25, 0.3) is 0 Å². The molecule has 0 bridgehead atoms. The third-order valence-electron chi connectivity index (χ3n) is 4.30. The minimum absolute atomic E-state index is 0.0285. The summed E-state index contributed by atoms with van der Waals surface area (Å²) in [4.78, 5) is 5.64. The number of guanidine groups is 1. The molecular formula is C20H29N3O3S2. The maximum absolute atomic E-state index is 12.7. The molecular weight excluding hydrogens is 394 g/mol. The monoisotopic (exact) mass is 423 g/mol. The standard InChI is InChI=1S/C20H29N3O3S2/c1-4-16(14-28(25,26)17-10-7-6-8-11-17)23-19(21-5-2)22-15-20(3,24)18-12-9-13-27-18/h6-13,16,24H,4-5,14-15H2,1-3H3,(H2,21,22,23). The first-order valence-corrected chi connectivity index (χ1v) is 11.9. The summed E-state index contributed by atoms with van der Waals surface area (Å²) in [5.41, 5.74) is -1.08. The molecule has 0 fully saturated rings. The van der Waals surface area contributed by atoms with Gasteiger partial charge in [-0.1, -0.05) is 31.2 Å². The number of hydrogen-bond donors (Lipinski definition) is 3. The number of aliphatic hydroxyl groups is 1. The van der Waals surface area contributed by atoms with E-state index in [0.717, 1.165) is 4.88 Å². The molecule has 1 aromatic heterocycles. The Balaban J connectivity index is 2.10. The highest BCUT2D eigenvalue weighted by Crippen LogP contribution is 2.25. The highest BCUT2D eigenvalue weighted by atomic mass is 32.2. The number of nitrogens with one attached hydrogen (secondary N) is 2. The summed E-state index contributed by atoms with van der Waals surface area (Å²) in [7, 11) is -3.40. The van der Waals surface area contributed by atoms with Crippen LogP contribution in [-0.4, -0.2) is 44.4 Å². The number of benzene rings is 1. The lowest BCUT2D eigenvalue weighted by Crippen LogP contribution is -2.46. The van der Waals surface area contributed by atoms with E-state index in [1.165, 1.54) is 11.3 Å². The van der Waals surface area contributed by atoms with Gasteiger partial charge >= 0.3 is 0 Å². The molecule has 0 aliphatic carbocycles. The molecule has 0 aliphatic rings. The van der Waals surface area contributed by atoms with Crippen molar-refractivity contribution in [3.05, 3.63) is 52.7 Å². The van der Waals surface area contributed by atoms with Crippen LogP contribution in [0.1, 0.15) is 32.1 Å². The molecule has 28 heavy (non-hydrogen) atoms. The normalized spacial score (nSPS) is 15.6. The summed E-state index contributed by atoms with van der Waals surface area (Å²) in [6.07, 6.45) is 0.623. The van der Waals surface area contributed by atoms with Crippen LogP contribution in [0.15, 0.2) is 57.7 Å². The quantitative estimate of drug-likeness (QED) is 0.426.